The molecule has 0 N–H and O–H groups in total. The number of nitriles is 1. The molecule has 1 rings (SSSR count). The average Bonchev–Trinajstić information content (AvgIpc) is 2.15. The third-order valence-corrected chi connectivity index (χ3v) is 2.12. The summed E-state index contributed by atoms with van der Waals surface area (Å²) >= 11 is 0. The van der Waals surface area contributed by atoms with Crippen LogP contribution in [-0.4, -0.2) is 4.92 Å². The van der Waals surface area contributed by atoms with Crippen molar-refractivity contribution in [1.29, 1.82) is 5.26 Å². The molecular weight excluding hydrogens is 192 g/mol. The largest absolute Gasteiger partial charge is 0.271 e. The molecule has 0 unspecified atom stereocenters. The van der Waals surface area contributed by atoms with Crippen LogP contribution in [0.2, 0.25) is 0 Å². The van der Waals surface area contributed by atoms with Crippen LogP contribution in [0.5, 0.6) is 0 Å². The maximum atomic E-state index is 10.6. The highest BCUT2D eigenvalue weighted by Gasteiger charge is 2.18. The molecule has 0 aliphatic rings. The van der Waals surface area contributed by atoms with Crippen molar-refractivity contribution in [3.8, 4) is 6.07 Å². The van der Waals surface area contributed by atoms with Gasteiger partial charge >= 0.3 is 0 Å². The maximum absolute atomic E-state index is 10.6. The van der Waals surface area contributed by atoms with Crippen molar-refractivity contribution in [3.05, 3.63) is 39.4 Å². The lowest BCUT2D eigenvalue weighted by molar-refractivity contribution is -0.385. The second kappa shape index (κ2) is 3.70. The minimum absolute atomic E-state index is 0.0287. The molecule has 78 valence electrons. The number of rotatable bonds is 1. The fourth-order valence-electron chi connectivity index (χ4n) is 1.21. The molecule has 4 nitrogen and oxygen atoms in total. The highest BCUT2D eigenvalue weighted by Crippen LogP contribution is 2.27. The van der Waals surface area contributed by atoms with E-state index in [1.807, 2.05) is 26.8 Å². The van der Waals surface area contributed by atoms with Crippen molar-refractivity contribution in [1.82, 2.24) is 0 Å². The summed E-state index contributed by atoms with van der Waals surface area (Å²) < 4.78 is 0. The van der Waals surface area contributed by atoms with E-state index in [0.717, 1.165) is 5.56 Å². The summed E-state index contributed by atoms with van der Waals surface area (Å²) in [5.41, 5.74) is 0.902. The Morgan fingerprint density at radius 1 is 1.33 bits per heavy atom. The molecule has 0 heterocycles. The van der Waals surface area contributed by atoms with Crippen LogP contribution in [0.1, 0.15) is 31.9 Å². The van der Waals surface area contributed by atoms with E-state index in [-0.39, 0.29) is 11.1 Å². The van der Waals surface area contributed by atoms with Gasteiger partial charge in [0, 0.05) is 12.1 Å². The Kier molecular flexibility index (Phi) is 2.76. The Labute approximate surface area is 88.3 Å². The Hall–Kier alpha value is -1.89. The van der Waals surface area contributed by atoms with Crippen LogP contribution in [0, 0.1) is 21.4 Å². The zero-order valence-electron chi connectivity index (χ0n) is 8.94. The third kappa shape index (κ3) is 2.53. The van der Waals surface area contributed by atoms with Gasteiger partial charge in [0.25, 0.3) is 5.69 Å². The number of nitrogens with zero attached hydrogens (tertiary/aromatic N) is 2. The molecule has 4 heteroatoms. The van der Waals surface area contributed by atoms with E-state index in [1.54, 1.807) is 6.07 Å². The molecule has 0 saturated heterocycles. The first-order chi connectivity index (χ1) is 6.84. The Balaban J connectivity index is 3.38. The molecule has 1 aromatic carbocycles. The molecule has 0 aromatic heterocycles. The lowest BCUT2D eigenvalue weighted by Gasteiger charge is -2.18. The molecule has 0 bridgehead atoms. The van der Waals surface area contributed by atoms with Crippen LogP contribution >= 0.6 is 0 Å². The van der Waals surface area contributed by atoms with E-state index in [9.17, 15) is 10.1 Å². The predicted molar refractivity (Wildman–Crippen MR) is 56.5 cm³/mol. The van der Waals surface area contributed by atoms with Crippen LogP contribution in [0.15, 0.2) is 18.2 Å². The van der Waals surface area contributed by atoms with Gasteiger partial charge in [0.05, 0.1) is 16.6 Å². The van der Waals surface area contributed by atoms with E-state index in [0.29, 0.717) is 5.56 Å². The van der Waals surface area contributed by atoms with Gasteiger partial charge in [-0.2, -0.15) is 5.26 Å². The van der Waals surface area contributed by atoms with Crippen LogP contribution in [-0.2, 0) is 5.41 Å². The van der Waals surface area contributed by atoms with Crippen molar-refractivity contribution in [2.24, 2.45) is 0 Å². The first-order valence-corrected chi connectivity index (χ1v) is 4.54. The van der Waals surface area contributed by atoms with Gasteiger partial charge in [-0.05, 0) is 17.0 Å². The molecule has 0 radical (unpaired) electrons. The SMILES string of the molecule is CC(C)(C)c1cc(C#N)cc([N+](=O)[O-])c1. The van der Waals surface area contributed by atoms with Crippen molar-refractivity contribution in [2.45, 2.75) is 26.2 Å². The van der Waals surface area contributed by atoms with E-state index in [4.69, 9.17) is 5.26 Å². The molecule has 0 aliphatic heterocycles. The summed E-state index contributed by atoms with van der Waals surface area (Å²) in [5, 5.41) is 19.4. The van der Waals surface area contributed by atoms with Gasteiger partial charge in [-0.15, -0.1) is 0 Å². The summed E-state index contributed by atoms with van der Waals surface area (Å²) in [5.74, 6) is 0. The van der Waals surface area contributed by atoms with Crippen LogP contribution in [0.25, 0.3) is 0 Å². The molecule has 1 aromatic rings. The predicted octanol–water partition coefficient (Wildman–Crippen LogP) is 2.76. The molecule has 0 aliphatic carbocycles. The fourth-order valence-corrected chi connectivity index (χ4v) is 1.21. The van der Waals surface area contributed by atoms with E-state index in [1.165, 1.54) is 12.1 Å². The summed E-state index contributed by atoms with van der Waals surface area (Å²) in [7, 11) is 0. The van der Waals surface area contributed by atoms with E-state index in [2.05, 4.69) is 0 Å². The molecule has 0 fully saturated rings. The summed E-state index contributed by atoms with van der Waals surface area (Å²) in [6.45, 7) is 5.85. The van der Waals surface area contributed by atoms with Gasteiger partial charge in [-0.1, -0.05) is 20.8 Å². The van der Waals surface area contributed by atoms with Gasteiger partial charge in [-0.25, -0.2) is 0 Å². The van der Waals surface area contributed by atoms with Gasteiger partial charge < -0.3 is 0 Å². The Morgan fingerprint density at radius 2 is 1.93 bits per heavy atom. The molecule has 0 amide bonds. The number of non-ortho nitro benzene ring substituents is 1. The molecule has 15 heavy (non-hydrogen) atoms. The second-order valence-corrected chi connectivity index (χ2v) is 4.39. The van der Waals surface area contributed by atoms with Crippen molar-refractivity contribution < 1.29 is 4.92 Å². The summed E-state index contributed by atoms with van der Waals surface area (Å²) in [6, 6.07) is 6.42. The maximum Gasteiger partial charge on any atom is 0.271 e. The highest BCUT2D eigenvalue weighted by molar-refractivity contribution is 5.46. The first-order valence-electron chi connectivity index (χ1n) is 4.54. The molecule has 0 saturated carbocycles. The number of nitro groups is 1. The van der Waals surface area contributed by atoms with Crippen molar-refractivity contribution >= 4 is 5.69 Å². The zero-order valence-corrected chi connectivity index (χ0v) is 8.94. The highest BCUT2D eigenvalue weighted by atomic mass is 16.6. The number of benzene rings is 1. The topological polar surface area (TPSA) is 66.9 Å². The minimum atomic E-state index is -0.476. The van der Waals surface area contributed by atoms with E-state index >= 15 is 0 Å². The van der Waals surface area contributed by atoms with Gasteiger partial charge in [0.2, 0.25) is 0 Å². The quantitative estimate of drug-likeness (QED) is 0.521. The van der Waals surface area contributed by atoms with Crippen molar-refractivity contribution in [3.63, 3.8) is 0 Å². The Morgan fingerprint density at radius 3 is 2.33 bits per heavy atom. The van der Waals surface area contributed by atoms with E-state index < -0.39 is 4.92 Å². The standard InChI is InChI=1S/C11H12N2O2/c1-11(2,3)9-4-8(7-12)5-10(6-9)13(14)15/h4-6H,1-3H3. The lowest BCUT2D eigenvalue weighted by atomic mass is 9.86. The molecular formula is C11H12N2O2. The number of nitro benzene ring substituents is 1. The smallest absolute Gasteiger partial charge is 0.258 e. The van der Waals surface area contributed by atoms with Gasteiger partial charge in [0.15, 0.2) is 0 Å². The summed E-state index contributed by atoms with van der Waals surface area (Å²) in [4.78, 5) is 10.2. The van der Waals surface area contributed by atoms with Crippen LogP contribution in [0.4, 0.5) is 5.69 Å². The Bertz CT molecular complexity index is 439. The first kappa shape index (κ1) is 11.2. The van der Waals surface area contributed by atoms with Crippen LogP contribution in [0.3, 0.4) is 0 Å². The van der Waals surface area contributed by atoms with Gasteiger partial charge in [0.1, 0.15) is 0 Å². The third-order valence-electron chi connectivity index (χ3n) is 2.12. The number of hydrogen-bond acceptors (Lipinski definition) is 3. The van der Waals surface area contributed by atoms with Crippen LogP contribution < -0.4 is 0 Å². The minimum Gasteiger partial charge on any atom is -0.258 e. The monoisotopic (exact) mass is 204 g/mol. The lowest BCUT2D eigenvalue weighted by Crippen LogP contribution is -2.11. The van der Waals surface area contributed by atoms with Crippen molar-refractivity contribution in [2.75, 3.05) is 0 Å². The fraction of sp³-hybridized carbons (Fsp3) is 0.364. The summed E-state index contributed by atoms with van der Waals surface area (Å²) in [6.07, 6.45) is 0. The van der Waals surface area contributed by atoms with Gasteiger partial charge in [-0.3, -0.25) is 10.1 Å². The molecule has 0 atom stereocenters. The normalized spacial score (nSPS) is 10.8. The molecule has 0 spiro atoms. The zero-order chi connectivity index (χ0) is 11.6. The number of hydrogen-bond donors (Lipinski definition) is 0. The average molecular weight is 204 g/mol. The second-order valence-electron chi connectivity index (χ2n) is 4.39.